The summed E-state index contributed by atoms with van der Waals surface area (Å²) in [5.41, 5.74) is 8.13. The van der Waals surface area contributed by atoms with Crippen molar-refractivity contribution in [2.24, 2.45) is 0 Å². The van der Waals surface area contributed by atoms with E-state index in [0.717, 1.165) is 23.1 Å². The van der Waals surface area contributed by atoms with Gasteiger partial charge in [0.25, 0.3) is 5.91 Å². The lowest BCUT2D eigenvalue weighted by Crippen LogP contribution is -2.36. The zero-order chi connectivity index (χ0) is 17.2. The van der Waals surface area contributed by atoms with E-state index in [0.29, 0.717) is 22.7 Å². The van der Waals surface area contributed by atoms with Crippen molar-refractivity contribution < 1.29 is 4.79 Å². The molecule has 0 unspecified atom stereocenters. The van der Waals surface area contributed by atoms with Crippen LogP contribution >= 0.6 is 11.3 Å². The van der Waals surface area contributed by atoms with E-state index in [2.05, 4.69) is 20.3 Å². The minimum absolute atomic E-state index is 0.0723. The summed E-state index contributed by atoms with van der Waals surface area (Å²) in [5.74, 6) is 0.841. The number of nitrogens with zero attached hydrogens (tertiary/aromatic N) is 3. The molecule has 0 radical (unpaired) electrons. The lowest BCUT2D eigenvalue weighted by Gasteiger charge is -2.22. The Kier molecular flexibility index (Phi) is 4.31. The molecule has 0 spiro atoms. The standard InChI is InChI=1S/C18H19N5OS/c19-16-15-14(22-17(23-16)11-6-8-20-9-7-11)13(10-25-15)18(24)21-12-4-2-1-3-5-12/h6-10,12H,1-5H2,(H,21,24)(H2,19,22,23). The number of carbonyl (C=O) groups is 1. The van der Waals surface area contributed by atoms with Gasteiger partial charge in [-0.15, -0.1) is 11.3 Å². The van der Waals surface area contributed by atoms with Crippen LogP contribution in [0.2, 0.25) is 0 Å². The maximum atomic E-state index is 12.7. The van der Waals surface area contributed by atoms with Crippen molar-refractivity contribution in [1.82, 2.24) is 20.3 Å². The van der Waals surface area contributed by atoms with E-state index in [-0.39, 0.29) is 11.9 Å². The maximum absolute atomic E-state index is 12.7. The zero-order valence-electron chi connectivity index (χ0n) is 13.7. The molecule has 7 heteroatoms. The average Bonchev–Trinajstić information content (AvgIpc) is 3.08. The first-order chi connectivity index (χ1) is 12.2. The number of fused-ring (bicyclic) bond motifs is 1. The molecule has 0 aliphatic heterocycles. The van der Waals surface area contributed by atoms with E-state index < -0.39 is 0 Å². The molecule has 128 valence electrons. The second kappa shape index (κ2) is 6.76. The highest BCUT2D eigenvalue weighted by molar-refractivity contribution is 7.18. The highest BCUT2D eigenvalue weighted by Crippen LogP contribution is 2.31. The van der Waals surface area contributed by atoms with Crippen LogP contribution in [0.25, 0.3) is 21.6 Å². The van der Waals surface area contributed by atoms with Gasteiger partial charge in [0.1, 0.15) is 11.3 Å². The van der Waals surface area contributed by atoms with Crippen molar-refractivity contribution in [3.8, 4) is 11.4 Å². The molecule has 4 rings (SSSR count). The van der Waals surface area contributed by atoms with Crippen molar-refractivity contribution in [1.29, 1.82) is 0 Å². The van der Waals surface area contributed by atoms with Crippen molar-refractivity contribution in [2.45, 2.75) is 38.1 Å². The van der Waals surface area contributed by atoms with Crippen molar-refractivity contribution in [3.63, 3.8) is 0 Å². The minimum atomic E-state index is -0.0723. The smallest absolute Gasteiger partial charge is 0.254 e. The van der Waals surface area contributed by atoms with Gasteiger partial charge in [-0.3, -0.25) is 9.78 Å². The molecule has 3 aromatic rings. The molecule has 25 heavy (non-hydrogen) atoms. The van der Waals surface area contributed by atoms with E-state index in [9.17, 15) is 4.79 Å². The summed E-state index contributed by atoms with van der Waals surface area (Å²) in [5, 5.41) is 4.97. The first kappa shape index (κ1) is 16.0. The number of rotatable bonds is 3. The fraction of sp³-hybridized carbons (Fsp3) is 0.333. The molecule has 3 aromatic heterocycles. The van der Waals surface area contributed by atoms with Gasteiger partial charge in [0, 0.05) is 29.4 Å². The van der Waals surface area contributed by atoms with Crippen LogP contribution in [0.5, 0.6) is 0 Å². The quantitative estimate of drug-likeness (QED) is 0.753. The molecule has 1 aliphatic rings. The normalized spacial score (nSPS) is 15.4. The van der Waals surface area contributed by atoms with Crippen LogP contribution in [-0.2, 0) is 0 Å². The molecule has 0 saturated heterocycles. The Labute approximate surface area is 149 Å². The number of anilines is 1. The molecule has 0 atom stereocenters. The monoisotopic (exact) mass is 353 g/mol. The first-order valence-corrected chi connectivity index (χ1v) is 9.36. The third-order valence-electron chi connectivity index (χ3n) is 4.57. The van der Waals surface area contributed by atoms with Crippen molar-refractivity contribution in [2.75, 3.05) is 5.73 Å². The Morgan fingerprint density at radius 2 is 1.92 bits per heavy atom. The fourth-order valence-corrected chi connectivity index (χ4v) is 4.13. The second-order valence-electron chi connectivity index (χ2n) is 6.30. The highest BCUT2D eigenvalue weighted by Gasteiger charge is 2.21. The van der Waals surface area contributed by atoms with Gasteiger partial charge >= 0.3 is 0 Å². The first-order valence-electron chi connectivity index (χ1n) is 8.48. The van der Waals surface area contributed by atoms with Crippen LogP contribution in [0.1, 0.15) is 42.5 Å². The van der Waals surface area contributed by atoms with Gasteiger partial charge in [-0.2, -0.15) is 0 Å². The molecule has 6 nitrogen and oxygen atoms in total. The number of carbonyl (C=O) groups excluding carboxylic acids is 1. The summed E-state index contributed by atoms with van der Waals surface area (Å²) < 4.78 is 0.756. The Morgan fingerprint density at radius 1 is 1.16 bits per heavy atom. The van der Waals surface area contributed by atoms with Crippen molar-refractivity contribution in [3.05, 3.63) is 35.5 Å². The van der Waals surface area contributed by atoms with Crippen LogP contribution in [-0.4, -0.2) is 26.9 Å². The van der Waals surface area contributed by atoms with E-state index in [1.807, 2.05) is 17.5 Å². The number of nitrogens with two attached hydrogens (primary N) is 1. The molecule has 3 heterocycles. The lowest BCUT2D eigenvalue weighted by molar-refractivity contribution is 0.0929. The number of pyridine rings is 1. The van der Waals surface area contributed by atoms with E-state index in [1.165, 1.54) is 30.6 Å². The van der Waals surface area contributed by atoms with Crippen LogP contribution in [0.4, 0.5) is 5.82 Å². The maximum Gasteiger partial charge on any atom is 0.254 e. The topological polar surface area (TPSA) is 93.8 Å². The molecular formula is C18H19N5OS. The van der Waals surface area contributed by atoms with Crippen LogP contribution in [0, 0.1) is 0 Å². The largest absolute Gasteiger partial charge is 0.382 e. The molecule has 0 aromatic carbocycles. The second-order valence-corrected chi connectivity index (χ2v) is 7.18. The average molecular weight is 353 g/mol. The fourth-order valence-electron chi connectivity index (χ4n) is 3.24. The molecule has 0 bridgehead atoms. The molecule has 1 fully saturated rings. The van der Waals surface area contributed by atoms with Gasteiger partial charge in [-0.25, -0.2) is 9.97 Å². The summed E-state index contributed by atoms with van der Waals surface area (Å²) in [6.45, 7) is 0. The Hall–Kier alpha value is -2.54. The van der Waals surface area contributed by atoms with Gasteiger partial charge in [0.15, 0.2) is 5.82 Å². The highest BCUT2D eigenvalue weighted by atomic mass is 32.1. The van der Waals surface area contributed by atoms with Crippen LogP contribution in [0.3, 0.4) is 0 Å². The number of nitrogens with one attached hydrogen (secondary N) is 1. The summed E-state index contributed by atoms with van der Waals surface area (Å²) in [4.78, 5) is 25.7. The predicted molar refractivity (Wildman–Crippen MR) is 99.4 cm³/mol. The number of hydrogen-bond donors (Lipinski definition) is 2. The summed E-state index contributed by atoms with van der Waals surface area (Å²) in [7, 11) is 0. The molecule has 1 saturated carbocycles. The SMILES string of the molecule is Nc1nc(-c2ccncc2)nc2c(C(=O)NC3CCCCC3)csc12. The van der Waals surface area contributed by atoms with E-state index in [4.69, 9.17) is 5.73 Å². The molecule has 3 N–H and O–H groups in total. The molecule has 1 amide bonds. The summed E-state index contributed by atoms with van der Waals surface area (Å²) in [6, 6.07) is 3.92. The third kappa shape index (κ3) is 3.19. The van der Waals surface area contributed by atoms with Gasteiger partial charge in [-0.05, 0) is 25.0 Å². The number of nitrogen functional groups attached to an aromatic ring is 1. The van der Waals surface area contributed by atoms with E-state index >= 15 is 0 Å². The lowest BCUT2D eigenvalue weighted by atomic mass is 9.95. The van der Waals surface area contributed by atoms with Crippen molar-refractivity contribution >= 4 is 33.3 Å². The van der Waals surface area contributed by atoms with Crippen LogP contribution < -0.4 is 11.1 Å². The third-order valence-corrected chi connectivity index (χ3v) is 5.56. The molecular weight excluding hydrogens is 334 g/mol. The molecule has 1 aliphatic carbocycles. The number of hydrogen-bond acceptors (Lipinski definition) is 6. The summed E-state index contributed by atoms with van der Waals surface area (Å²) in [6.07, 6.45) is 9.08. The number of thiophene rings is 1. The minimum Gasteiger partial charge on any atom is -0.382 e. The predicted octanol–water partition coefficient (Wildman–Crippen LogP) is 3.40. The Bertz CT molecular complexity index is 902. The zero-order valence-corrected chi connectivity index (χ0v) is 14.6. The summed E-state index contributed by atoms with van der Waals surface area (Å²) >= 11 is 1.41. The Morgan fingerprint density at radius 3 is 2.68 bits per heavy atom. The number of aromatic nitrogens is 3. The Balaban J connectivity index is 1.69. The van der Waals surface area contributed by atoms with Crippen LogP contribution in [0.15, 0.2) is 29.9 Å². The van der Waals surface area contributed by atoms with Gasteiger partial charge in [-0.1, -0.05) is 19.3 Å². The van der Waals surface area contributed by atoms with E-state index in [1.54, 1.807) is 12.4 Å². The number of amides is 1. The van der Waals surface area contributed by atoms with Gasteiger partial charge in [0.2, 0.25) is 0 Å². The van der Waals surface area contributed by atoms with Gasteiger partial charge in [0.05, 0.1) is 10.3 Å². The van der Waals surface area contributed by atoms with Gasteiger partial charge < -0.3 is 11.1 Å².